The largest absolute Gasteiger partial charge is 0.342 e. The molecule has 24 heavy (non-hydrogen) atoms. The quantitative estimate of drug-likeness (QED) is 0.628. The van der Waals surface area contributed by atoms with Gasteiger partial charge in [-0.3, -0.25) is 9.78 Å². The monoisotopic (exact) mass is 316 g/mol. The van der Waals surface area contributed by atoms with Gasteiger partial charge in [-0.15, -0.1) is 0 Å². The Kier molecular flexibility index (Phi) is 3.77. The summed E-state index contributed by atoms with van der Waals surface area (Å²) in [6.45, 7) is 3.25. The van der Waals surface area contributed by atoms with Gasteiger partial charge in [-0.05, 0) is 30.0 Å². The van der Waals surface area contributed by atoms with E-state index >= 15 is 0 Å². The maximum Gasteiger partial charge on any atom is 0.219 e. The van der Waals surface area contributed by atoms with Gasteiger partial charge < -0.3 is 4.90 Å². The lowest BCUT2D eigenvalue weighted by Crippen LogP contribution is -2.34. The molecular formula is C21H20N2O. The van der Waals surface area contributed by atoms with Gasteiger partial charge in [0.15, 0.2) is 0 Å². The van der Waals surface area contributed by atoms with Crippen molar-refractivity contribution in [2.45, 2.75) is 19.8 Å². The Morgan fingerprint density at radius 2 is 1.71 bits per heavy atom. The van der Waals surface area contributed by atoms with E-state index in [1.165, 1.54) is 22.3 Å². The Bertz CT molecular complexity index is 802. The van der Waals surface area contributed by atoms with Crippen molar-refractivity contribution in [2.24, 2.45) is 0 Å². The number of nitrogens with zero attached hydrogens (tertiary/aromatic N) is 2. The maximum absolute atomic E-state index is 11.6. The number of hydrogen-bond donors (Lipinski definition) is 0. The summed E-state index contributed by atoms with van der Waals surface area (Å²) in [4.78, 5) is 18.3. The number of carbonyl (C=O) groups is 1. The van der Waals surface area contributed by atoms with Crippen LogP contribution in [-0.2, 0) is 4.79 Å². The summed E-state index contributed by atoms with van der Waals surface area (Å²) in [6.07, 6.45) is 8.03. The van der Waals surface area contributed by atoms with Gasteiger partial charge >= 0.3 is 0 Å². The number of benzene rings is 1. The van der Waals surface area contributed by atoms with E-state index in [0.717, 1.165) is 37.2 Å². The van der Waals surface area contributed by atoms with Crippen molar-refractivity contribution in [3.63, 3.8) is 0 Å². The number of likely N-dealkylation sites (tertiary alicyclic amines) is 1. The van der Waals surface area contributed by atoms with Crippen molar-refractivity contribution in [3.05, 3.63) is 70.6 Å². The molecule has 0 N–H and O–H groups in total. The molecule has 0 bridgehead atoms. The van der Waals surface area contributed by atoms with Crippen LogP contribution in [0.15, 0.2) is 48.2 Å². The summed E-state index contributed by atoms with van der Waals surface area (Å²) in [5, 5.41) is 0. The van der Waals surface area contributed by atoms with Gasteiger partial charge in [0.05, 0.1) is 5.69 Å². The summed E-state index contributed by atoms with van der Waals surface area (Å²) in [7, 11) is 0. The molecule has 0 saturated carbocycles. The molecule has 3 heteroatoms. The van der Waals surface area contributed by atoms with Gasteiger partial charge in [-0.25, -0.2) is 0 Å². The summed E-state index contributed by atoms with van der Waals surface area (Å²) in [6, 6.07) is 12.6. The number of piperidine rings is 1. The van der Waals surface area contributed by atoms with Crippen molar-refractivity contribution in [3.8, 4) is 0 Å². The highest BCUT2D eigenvalue weighted by Gasteiger charge is 2.23. The van der Waals surface area contributed by atoms with E-state index in [-0.39, 0.29) is 5.91 Å². The molecule has 1 amide bonds. The van der Waals surface area contributed by atoms with E-state index < -0.39 is 0 Å². The first kappa shape index (κ1) is 14.9. The highest BCUT2D eigenvalue weighted by atomic mass is 16.2. The number of carbonyl (C=O) groups excluding carboxylic acids is 1. The van der Waals surface area contributed by atoms with Crippen LogP contribution < -0.4 is 0 Å². The number of hydrogen-bond acceptors (Lipinski definition) is 2. The lowest BCUT2D eigenvalue weighted by molar-refractivity contribution is -0.129. The van der Waals surface area contributed by atoms with Crippen molar-refractivity contribution in [1.82, 2.24) is 9.88 Å². The molecule has 0 unspecified atom stereocenters. The molecule has 1 aliphatic heterocycles. The standard InChI is InChI=1S/C21H20N2O/c1-15(24)23-13-10-17(11-14-23)20-19-7-3-2-5-16(19)8-9-18-6-4-12-22-21(18)20/h2-9,12H,10-11,13-14H2,1H3. The summed E-state index contributed by atoms with van der Waals surface area (Å²) in [5.74, 6) is 0.167. The Hall–Kier alpha value is -2.68. The van der Waals surface area contributed by atoms with E-state index in [1.54, 1.807) is 6.92 Å². The average molecular weight is 316 g/mol. The van der Waals surface area contributed by atoms with E-state index in [9.17, 15) is 4.79 Å². The van der Waals surface area contributed by atoms with Crippen LogP contribution in [0.5, 0.6) is 0 Å². The summed E-state index contributed by atoms with van der Waals surface area (Å²) >= 11 is 0. The first-order valence-electron chi connectivity index (χ1n) is 8.44. The zero-order chi connectivity index (χ0) is 16.5. The average Bonchev–Trinajstić information content (AvgIpc) is 2.79. The van der Waals surface area contributed by atoms with Crippen LogP contribution >= 0.6 is 0 Å². The molecule has 1 fully saturated rings. The molecule has 4 rings (SSSR count). The molecule has 2 heterocycles. The second-order valence-corrected chi connectivity index (χ2v) is 6.35. The van der Waals surface area contributed by atoms with Crippen LogP contribution in [0.2, 0.25) is 0 Å². The predicted molar refractivity (Wildman–Crippen MR) is 97.1 cm³/mol. The molecule has 3 nitrogen and oxygen atoms in total. The van der Waals surface area contributed by atoms with Crippen LogP contribution in [0.3, 0.4) is 0 Å². The molecule has 1 aliphatic carbocycles. The number of fused-ring (bicyclic) bond motifs is 2. The topological polar surface area (TPSA) is 33.2 Å². The molecule has 1 aromatic heterocycles. The van der Waals surface area contributed by atoms with Crippen LogP contribution in [0.25, 0.3) is 17.7 Å². The van der Waals surface area contributed by atoms with Crippen LogP contribution in [0.1, 0.15) is 42.1 Å². The molecule has 120 valence electrons. The molecule has 0 spiro atoms. The lowest BCUT2D eigenvalue weighted by Gasteiger charge is -2.29. The van der Waals surface area contributed by atoms with Crippen LogP contribution in [-0.4, -0.2) is 28.9 Å². The SMILES string of the molecule is CC(=O)N1CCC(=C2c3ccccc3C=Cc3cccnc32)CC1. The zero-order valence-electron chi connectivity index (χ0n) is 13.8. The molecule has 1 saturated heterocycles. The number of aromatic nitrogens is 1. The number of rotatable bonds is 0. The Labute approximate surface area is 142 Å². The molecule has 2 aromatic rings. The van der Waals surface area contributed by atoms with Gasteiger partial charge in [-0.1, -0.05) is 48.1 Å². The zero-order valence-corrected chi connectivity index (χ0v) is 13.8. The smallest absolute Gasteiger partial charge is 0.219 e. The summed E-state index contributed by atoms with van der Waals surface area (Å²) < 4.78 is 0. The minimum atomic E-state index is 0.167. The second kappa shape index (κ2) is 6.08. The van der Waals surface area contributed by atoms with E-state index in [0.29, 0.717) is 0 Å². The molecule has 0 atom stereocenters. The fraction of sp³-hybridized carbons (Fsp3) is 0.238. The fourth-order valence-corrected chi connectivity index (χ4v) is 3.64. The highest BCUT2D eigenvalue weighted by molar-refractivity contribution is 5.93. The van der Waals surface area contributed by atoms with Gasteiger partial charge in [0.1, 0.15) is 0 Å². The Morgan fingerprint density at radius 3 is 2.50 bits per heavy atom. The highest BCUT2D eigenvalue weighted by Crippen LogP contribution is 2.37. The molecule has 1 aromatic carbocycles. The molecular weight excluding hydrogens is 296 g/mol. The van der Waals surface area contributed by atoms with Crippen LogP contribution in [0.4, 0.5) is 0 Å². The maximum atomic E-state index is 11.6. The molecule has 2 aliphatic rings. The Morgan fingerprint density at radius 1 is 1.00 bits per heavy atom. The lowest BCUT2D eigenvalue weighted by atomic mass is 9.88. The normalized spacial score (nSPS) is 16.5. The van der Waals surface area contributed by atoms with Gasteiger partial charge in [0, 0.05) is 37.3 Å². The van der Waals surface area contributed by atoms with E-state index in [4.69, 9.17) is 4.98 Å². The first-order chi connectivity index (χ1) is 11.7. The third-order valence-corrected chi connectivity index (χ3v) is 4.91. The number of pyridine rings is 1. The van der Waals surface area contributed by atoms with Gasteiger partial charge in [0.2, 0.25) is 5.91 Å². The van der Waals surface area contributed by atoms with Crippen molar-refractivity contribution in [2.75, 3.05) is 13.1 Å². The second-order valence-electron chi connectivity index (χ2n) is 6.35. The van der Waals surface area contributed by atoms with Crippen LogP contribution in [0, 0.1) is 0 Å². The van der Waals surface area contributed by atoms with Crippen molar-refractivity contribution in [1.29, 1.82) is 0 Å². The minimum absolute atomic E-state index is 0.167. The van der Waals surface area contributed by atoms with Crippen molar-refractivity contribution < 1.29 is 4.79 Å². The third-order valence-electron chi connectivity index (χ3n) is 4.91. The van der Waals surface area contributed by atoms with E-state index in [1.807, 2.05) is 17.2 Å². The third kappa shape index (κ3) is 2.56. The van der Waals surface area contributed by atoms with E-state index in [2.05, 4.69) is 42.5 Å². The fourth-order valence-electron chi connectivity index (χ4n) is 3.64. The number of amides is 1. The summed E-state index contributed by atoms with van der Waals surface area (Å²) in [5.41, 5.74) is 7.36. The molecule has 0 radical (unpaired) electrons. The first-order valence-corrected chi connectivity index (χ1v) is 8.44. The predicted octanol–water partition coefficient (Wildman–Crippen LogP) is 4.01. The van der Waals surface area contributed by atoms with Crippen molar-refractivity contribution >= 4 is 23.6 Å². The van der Waals surface area contributed by atoms with Gasteiger partial charge in [-0.2, -0.15) is 0 Å². The minimum Gasteiger partial charge on any atom is -0.342 e. The van der Waals surface area contributed by atoms with Gasteiger partial charge in [0.25, 0.3) is 0 Å². The Balaban J connectivity index is 1.87.